The molecule has 1 amide bonds. The van der Waals surface area contributed by atoms with E-state index in [9.17, 15) is 4.79 Å². The fourth-order valence-electron chi connectivity index (χ4n) is 2.64. The molecule has 0 fully saturated rings. The van der Waals surface area contributed by atoms with Crippen LogP contribution in [0.5, 0.6) is 5.75 Å². The number of amides is 1. The highest BCUT2D eigenvalue weighted by Gasteiger charge is 2.26. The van der Waals surface area contributed by atoms with Gasteiger partial charge in [-0.3, -0.25) is 4.79 Å². The predicted molar refractivity (Wildman–Crippen MR) is 88.4 cm³/mol. The molecule has 6 heteroatoms. The van der Waals surface area contributed by atoms with Gasteiger partial charge in [0, 0.05) is 31.5 Å². The van der Waals surface area contributed by atoms with Crippen LogP contribution in [-0.2, 0) is 11.3 Å². The molecule has 2 N–H and O–H groups in total. The highest BCUT2D eigenvalue weighted by Crippen LogP contribution is 2.32. The van der Waals surface area contributed by atoms with Gasteiger partial charge in [-0.25, -0.2) is 4.98 Å². The van der Waals surface area contributed by atoms with Crippen LogP contribution in [0.1, 0.15) is 31.9 Å². The van der Waals surface area contributed by atoms with Crippen LogP contribution in [0.2, 0.25) is 0 Å². The van der Waals surface area contributed by atoms with E-state index < -0.39 is 6.10 Å². The lowest BCUT2D eigenvalue weighted by Gasteiger charge is -2.26. The zero-order valence-corrected chi connectivity index (χ0v) is 13.5. The van der Waals surface area contributed by atoms with Gasteiger partial charge in [0.15, 0.2) is 6.10 Å². The van der Waals surface area contributed by atoms with Crippen molar-refractivity contribution < 1.29 is 9.53 Å². The van der Waals surface area contributed by atoms with Crippen LogP contribution in [0.15, 0.2) is 36.9 Å². The van der Waals surface area contributed by atoms with E-state index in [4.69, 9.17) is 4.74 Å². The lowest BCUT2D eigenvalue weighted by atomic mass is 10.1. The number of nitrogens with one attached hydrogen (secondary N) is 2. The number of imidazole rings is 1. The average Bonchev–Trinajstić information content (AvgIpc) is 3.07. The third kappa shape index (κ3) is 3.53. The van der Waals surface area contributed by atoms with Gasteiger partial charge in [0.1, 0.15) is 5.75 Å². The predicted octanol–water partition coefficient (Wildman–Crippen LogP) is 2.34. The van der Waals surface area contributed by atoms with Gasteiger partial charge in [0.05, 0.1) is 12.0 Å². The molecule has 122 valence electrons. The van der Waals surface area contributed by atoms with Crippen LogP contribution in [0, 0.1) is 0 Å². The largest absolute Gasteiger partial charge is 0.478 e. The van der Waals surface area contributed by atoms with Crippen LogP contribution in [-0.4, -0.2) is 28.1 Å². The highest BCUT2D eigenvalue weighted by molar-refractivity contribution is 5.97. The van der Waals surface area contributed by atoms with Gasteiger partial charge < -0.3 is 19.9 Å². The molecule has 1 aromatic heterocycles. The first kappa shape index (κ1) is 15.6. The second kappa shape index (κ2) is 6.83. The third-order valence-electron chi connectivity index (χ3n) is 4.08. The van der Waals surface area contributed by atoms with E-state index >= 15 is 0 Å². The van der Waals surface area contributed by atoms with Crippen molar-refractivity contribution in [2.75, 3.05) is 11.9 Å². The number of fused-ring (bicyclic) bond motifs is 1. The normalized spacial score (nSPS) is 18.0. The summed E-state index contributed by atoms with van der Waals surface area (Å²) in [6.07, 6.45) is 5.80. The minimum atomic E-state index is -0.401. The van der Waals surface area contributed by atoms with Crippen molar-refractivity contribution in [1.82, 2.24) is 14.9 Å². The standard InChI is InChI=1S/C17H22N4O2/c1-3-15-17(22)20-14-5-4-13(10-16(14)23-15)12(2)19-7-9-21-8-6-18-11-21/h4-6,8,10-12,15,19H,3,7,9H2,1-2H3,(H,20,22)/t12-,15+/m1/s1. The fourth-order valence-corrected chi connectivity index (χ4v) is 2.64. The summed E-state index contributed by atoms with van der Waals surface area (Å²) in [6.45, 7) is 5.79. The van der Waals surface area contributed by atoms with Crippen molar-refractivity contribution in [2.45, 2.75) is 39.0 Å². The molecule has 3 rings (SSSR count). The SMILES string of the molecule is CC[C@@H]1Oc2cc([C@@H](C)NCCn3ccnc3)ccc2NC1=O. The molecule has 0 unspecified atom stereocenters. The summed E-state index contributed by atoms with van der Waals surface area (Å²) in [5.74, 6) is 0.677. The number of nitrogens with zero attached hydrogens (tertiary/aromatic N) is 2. The molecule has 0 bridgehead atoms. The quantitative estimate of drug-likeness (QED) is 0.859. The van der Waals surface area contributed by atoms with Gasteiger partial charge in [-0.1, -0.05) is 13.0 Å². The molecule has 1 aromatic carbocycles. The van der Waals surface area contributed by atoms with Crippen molar-refractivity contribution in [2.24, 2.45) is 0 Å². The summed E-state index contributed by atoms with van der Waals surface area (Å²) < 4.78 is 7.83. The van der Waals surface area contributed by atoms with Crippen molar-refractivity contribution in [3.63, 3.8) is 0 Å². The molecule has 1 aliphatic rings. The first-order valence-electron chi connectivity index (χ1n) is 7.98. The zero-order valence-electron chi connectivity index (χ0n) is 13.5. The summed E-state index contributed by atoms with van der Waals surface area (Å²) in [6, 6.07) is 6.13. The molecule has 2 aromatic rings. The summed E-state index contributed by atoms with van der Waals surface area (Å²) in [7, 11) is 0. The molecule has 2 heterocycles. The van der Waals surface area contributed by atoms with E-state index in [0.717, 1.165) is 30.1 Å². The number of carbonyl (C=O) groups is 1. The number of hydrogen-bond donors (Lipinski definition) is 2. The molecule has 0 aliphatic carbocycles. The summed E-state index contributed by atoms with van der Waals surface area (Å²) >= 11 is 0. The number of anilines is 1. The van der Waals surface area contributed by atoms with Gasteiger partial charge in [-0.2, -0.15) is 0 Å². The average molecular weight is 314 g/mol. The second-order valence-electron chi connectivity index (χ2n) is 5.74. The maximum atomic E-state index is 11.8. The van der Waals surface area contributed by atoms with Crippen LogP contribution in [0.4, 0.5) is 5.69 Å². The van der Waals surface area contributed by atoms with Crippen LogP contribution in [0.25, 0.3) is 0 Å². The van der Waals surface area contributed by atoms with Crippen molar-refractivity contribution in [1.29, 1.82) is 0 Å². The maximum Gasteiger partial charge on any atom is 0.265 e. The van der Waals surface area contributed by atoms with E-state index in [1.807, 2.05) is 42.2 Å². The van der Waals surface area contributed by atoms with E-state index in [0.29, 0.717) is 6.42 Å². The lowest BCUT2D eigenvalue weighted by Crippen LogP contribution is -2.36. The minimum Gasteiger partial charge on any atom is -0.478 e. The molecule has 1 aliphatic heterocycles. The number of hydrogen-bond acceptors (Lipinski definition) is 4. The first-order valence-corrected chi connectivity index (χ1v) is 7.98. The smallest absolute Gasteiger partial charge is 0.265 e. The molecule has 0 saturated heterocycles. The zero-order chi connectivity index (χ0) is 16.2. The molecule has 2 atom stereocenters. The Morgan fingerprint density at radius 3 is 3.09 bits per heavy atom. The number of ether oxygens (including phenoxy) is 1. The molecular weight excluding hydrogens is 292 g/mol. The first-order chi connectivity index (χ1) is 11.2. The van der Waals surface area contributed by atoms with Crippen molar-refractivity contribution in [3.8, 4) is 5.75 Å². The van der Waals surface area contributed by atoms with Gasteiger partial charge in [0.2, 0.25) is 0 Å². The molecule has 6 nitrogen and oxygen atoms in total. The highest BCUT2D eigenvalue weighted by atomic mass is 16.5. The Bertz CT molecular complexity index is 669. The Hall–Kier alpha value is -2.34. The molecule has 23 heavy (non-hydrogen) atoms. The second-order valence-corrected chi connectivity index (χ2v) is 5.74. The number of benzene rings is 1. The van der Waals surface area contributed by atoms with Crippen molar-refractivity contribution >= 4 is 11.6 Å². The summed E-state index contributed by atoms with van der Waals surface area (Å²) in [5.41, 5.74) is 1.88. The molecular formula is C17H22N4O2. The number of aromatic nitrogens is 2. The molecule has 0 spiro atoms. The van der Waals surface area contributed by atoms with E-state index in [1.54, 1.807) is 6.20 Å². The summed E-state index contributed by atoms with van der Waals surface area (Å²) in [4.78, 5) is 15.8. The summed E-state index contributed by atoms with van der Waals surface area (Å²) in [5, 5.41) is 6.38. The molecule has 0 radical (unpaired) electrons. The van der Waals surface area contributed by atoms with E-state index in [-0.39, 0.29) is 11.9 Å². The Morgan fingerprint density at radius 2 is 2.35 bits per heavy atom. The van der Waals surface area contributed by atoms with Gasteiger partial charge in [0.25, 0.3) is 5.91 Å². The Morgan fingerprint density at radius 1 is 1.48 bits per heavy atom. The van der Waals surface area contributed by atoms with Crippen LogP contribution in [0.3, 0.4) is 0 Å². The van der Waals surface area contributed by atoms with Gasteiger partial charge in [-0.05, 0) is 31.0 Å². The van der Waals surface area contributed by atoms with E-state index in [2.05, 4.69) is 22.5 Å². The van der Waals surface area contributed by atoms with Gasteiger partial charge >= 0.3 is 0 Å². The minimum absolute atomic E-state index is 0.0701. The Labute approximate surface area is 135 Å². The topological polar surface area (TPSA) is 68.2 Å². The number of rotatable bonds is 6. The van der Waals surface area contributed by atoms with Crippen molar-refractivity contribution in [3.05, 3.63) is 42.5 Å². The number of carbonyl (C=O) groups excluding carboxylic acids is 1. The van der Waals surface area contributed by atoms with Crippen LogP contribution < -0.4 is 15.4 Å². The lowest BCUT2D eigenvalue weighted by molar-refractivity contribution is -0.123. The fraction of sp³-hybridized carbons (Fsp3) is 0.412. The maximum absolute atomic E-state index is 11.8. The van der Waals surface area contributed by atoms with Gasteiger partial charge in [-0.15, -0.1) is 0 Å². The monoisotopic (exact) mass is 314 g/mol. The Kier molecular flexibility index (Phi) is 4.62. The molecule has 0 saturated carbocycles. The third-order valence-corrected chi connectivity index (χ3v) is 4.08. The van der Waals surface area contributed by atoms with E-state index in [1.165, 1.54) is 0 Å². The van der Waals surface area contributed by atoms with Crippen LogP contribution >= 0.6 is 0 Å². The Balaban J connectivity index is 1.63.